The molecule has 0 unspecified atom stereocenters. The zero-order valence-electron chi connectivity index (χ0n) is 13.6. The van der Waals surface area contributed by atoms with E-state index in [4.69, 9.17) is 23.2 Å². The monoisotopic (exact) mass is 362 g/mol. The van der Waals surface area contributed by atoms with Crippen molar-refractivity contribution in [1.29, 1.82) is 0 Å². The number of carbonyl (C=O) groups excluding carboxylic acids is 1. The highest BCUT2D eigenvalue weighted by Gasteiger charge is 2.29. The minimum atomic E-state index is -0.0615. The van der Waals surface area contributed by atoms with Crippen LogP contribution >= 0.6 is 23.2 Å². The molecule has 0 saturated heterocycles. The Balaban J connectivity index is 1.71. The van der Waals surface area contributed by atoms with Crippen molar-refractivity contribution in [3.05, 3.63) is 69.2 Å². The fourth-order valence-corrected chi connectivity index (χ4v) is 3.23. The van der Waals surface area contributed by atoms with Gasteiger partial charge in [-0.05, 0) is 48.2 Å². The third-order valence-corrected chi connectivity index (χ3v) is 4.87. The normalized spacial score (nSPS) is 14.0. The number of carbonyl (C=O) groups is 1. The van der Waals surface area contributed by atoms with Crippen LogP contribution in [0.1, 0.15) is 34.3 Å². The SMILES string of the molecule is CNC(=O)c1ccc(CN(Cc2ccc(Cl)cc2Cl)C2CC2)cc1. The summed E-state index contributed by atoms with van der Waals surface area (Å²) in [6.45, 7) is 1.65. The van der Waals surface area contributed by atoms with Crippen LogP contribution < -0.4 is 5.32 Å². The van der Waals surface area contributed by atoms with Crippen LogP contribution in [0.4, 0.5) is 0 Å². The van der Waals surface area contributed by atoms with Gasteiger partial charge in [0.15, 0.2) is 0 Å². The van der Waals surface area contributed by atoms with Crippen molar-refractivity contribution in [2.24, 2.45) is 0 Å². The summed E-state index contributed by atoms with van der Waals surface area (Å²) in [5.41, 5.74) is 2.97. The average Bonchev–Trinajstić information content (AvgIpc) is 3.41. The van der Waals surface area contributed by atoms with Crippen LogP contribution in [0.3, 0.4) is 0 Å². The first kappa shape index (κ1) is 17.3. The van der Waals surface area contributed by atoms with E-state index in [2.05, 4.69) is 10.2 Å². The average molecular weight is 363 g/mol. The number of hydrogen-bond donors (Lipinski definition) is 1. The topological polar surface area (TPSA) is 32.3 Å². The van der Waals surface area contributed by atoms with Crippen LogP contribution in [0.15, 0.2) is 42.5 Å². The summed E-state index contributed by atoms with van der Waals surface area (Å²) in [5, 5.41) is 4.01. The largest absolute Gasteiger partial charge is 0.355 e. The molecule has 1 fully saturated rings. The fourth-order valence-electron chi connectivity index (χ4n) is 2.76. The van der Waals surface area contributed by atoms with Crippen molar-refractivity contribution >= 4 is 29.1 Å². The molecule has 1 amide bonds. The third-order valence-electron chi connectivity index (χ3n) is 4.28. The van der Waals surface area contributed by atoms with Gasteiger partial charge in [-0.15, -0.1) is 0 Å². The summed E-state index contributed by atoms with van der Waals surface area (Å²) in [7, 11) is 1.64. The van der Waals surface area contributed by atoms with Gasteiger partial charge >= 0.3 is 0 Å². The van der Waals surface area contributed by atoms with Crippen LogP contribution in [0.2, 0.25) is 10.0 Å². The Labute approximate surface area is 152 Å². The van der Waals surface area contributed by atoms with Gasteiger partial charge < -0.3 is 5.32 Å². The van der Waals surface area contributed by atoms with E-state index in [-0.39, 0.29) is 5.91 Å². The second-order valence-electron chi connectivity index (χ2n) is 6.15. The number of amides is 1. The summed E-state index contributed by atoms with van der Waals surface area (Å²) >= 11 is 12.3. The quantitative estimate of drug-likeness (QED) is 0.819. The number of halogens is 2. The summed E-state index contributed by atoms with van der Waals surface area (Å²) < 4.78 is 0. The second-order valence-corrected chi connectivity index (χ2v) is 6.99. The lowest BCUT2D eigenvalue weighted by Gasteiger charge is -2.23. The van der Waals surface area contributed by atoms with E-state index in [9.17, 15) is 4.79 Å². The molecule has 2 aromatic rings. The molecule has 126 valence electrons. The van der Waals surface area contributed by atoms with E-state index in [1.165, 1.54) is 18.4 Å². The first-order valence-electron chi connectivity index (χ1n) is 8.06. The Kier molecular flexibility index (Phi) is 5.44. The van der Waals surface area contributed by atoms with E-state index in [0.717, 1.165) is 18.7 Å². The maximum absolute atomic E-state index is 11.6. The highest BCUT2D eigenvalue weighted by Crippen LogP contribution is 2.31. The molecule has 5 heteroatoms. The maximum Gasteiger partial charge on any atom is 0.251 e. The molecular weight excluding hydrogens is 343 g/mol. The predicted octanol–water partition coefficient (Wildman–Crippen LogP) is 4.52. The molecule has 3 nitrogen and oxygen atoms in total. The summed E-state index contributed by atoms with van der Waals surface area (Å²) in [6, 6.07) is 14.0. The highest BCUT2D eigenvalue weighted by molar-refractivity contribution is 6.35. The lowest BCUT2D eigenvalue weighted by atomic mass is 10.1. The molecule has 0 atom stereocenters. The van der Waals surface area contributed by atoms with Crippen molar-refractivity contribution in [3.8, 4) is 0 Å². The van der Waals surface area contributed by atoms with E-state index >= 15 is 0 Å². The molecule has 0 heterocycles. The summed E-state index contributed by atoms with van der Waals surface area (Å²) in [4.78, 5) is 14.1. The number of nitrogens with zero attached hydrogens (tertiary/aromatic N) is 1. The Morgan fingerprint density at radius 2 is 1.83 bits per heavy atom. The summed E-state index contributed by atoms with van der Waals surface area (Å²) in [5.74, 6) is -0.0615. The minimum Gasteiger partial charge on any atom is -0.355 e. The molecule has 0 radical (unpaired) electrons. The minimum absolute atomic E-state index is 0.0615. The predicted molar refractivity (Wildman–Crippen MR) is 98.6 cm³/mol. The van der Waals surface area contributed by atoms with Crippen molar-refractivity contribution in [3.63, 3.8) is 0 Å². The molecule has 0 aromatic heterocycles. The molecule has 0 bridgehead atoms. The first-order valence-corrected chi connectivity index (χ1v) is 8.81. The number of hydrogen-bond acceptors (Lipinski definition) is 2. The molecule has 1 aliphatic rings. The lowest BCUT2D eigenvalue weighted by Crippen LogP contribution is -2.25. The van der Waals surface area contributed by atoms with Gasteiger partial charge in [-0.1, -0.05) is 41.4 Å². The molecular formula is C19H20Cl2N2O. The van der Waals surface area contributed by atoms with E-state index in [1.807, 2.05) is 36.4 Å². The first-order chi connectivity index (χ1) is 11.6. The van der Waals surface area contributed by atoms with Crippen LogP contribution in [-0.2, 0) is 13.1 Å². The second kappa shape index (κ2) is 7.56. The van der Waals surface area contributed by atoms with Crippen LogP contribution in [-0.4, -0.2) is 23.9 Å². The third kappa shape index (κ3) is 4.29. The Morgan fingerprint density at radius 1 is 1.12 bits per heavy atom. The number of benzene rings is 2. The Hall–Kier alpha value is -1.55. The van der Waals surface area contributed by atoms with Crippen LogP contribution in [0, 0.1) is 0 Å². The Morgan fingerprint density at radius 3 is 2.42 bits per heavy atom. The van der Waals surface area contributed by atoms with Crippen molar-refractivity contribution < 1.29 is 4.79 Å². The van der Waals surface area contributed by atoms with Gasteiger partial charge in [0, 0.05) is 41.8 Å². The van der Waals surface area contributed by atoms with E-state index in [1.54, 1.807) is 13.1 Å². The van der Waals surface area contributed by atoms with Gasteiger partial charge in [0.25, 0.3) is 5.91 Å². The van der Waals surface area contributed by atoms with E-state index < -0.39 is 0 Å². The van der Waals surface area contributed by atoms with Gasteiger partial charge in [0.1, 0.15) is 0 Å². The number of nitrogens with one attached hydrogen (secondary N) is 1. The zero-order valence-corrected chi connectivity index (χ0v) is 15.1. The lowest BCUT2D eigenvalue weighted by molar-refractivity contribution is 0.0963. The maximum atomic E-state index is 11.6. The molecule has 0 spiro atoms. The number of rotatable bonds is 6. The van der Waals surface area contributed by atoms with Gasteiger partial charge in [-0.2, -0.15) is 0 Å². The van der Waals surface area contributed by atoms with Gasteiger partial charge in [0.05, 0.1) is 0 Å². The van der Waals surface area contributed by atoms with E-state index in [0.29, 0.717) is 21.7 Å². The molecule has 1 aliphatic carbocycles. The van der Waals surface area contributed by atoms with Crippen LogP contribution in [0.25, 0.3) is 0 Å². The molecule has 1 N–H and O–H groups in total. The molecule has 0 aliphatic heterocycles. The standard InChI is InChI=1S/C19H20Cl2N2O/c1-22-19(24)14-4-2-13(3-5-14)11-23(17-8-9-17)12-15-6-7-16(20)10-18(15)21/h2-7,10,17H,8-9,11-12H2,1H3,(H,22,24). The van der Waals surface area contributed by atoms with Gasteiger partial charge in [-0.25, -0.2) is 0 Å². The molecule has 2 aromatic carbocycles. The molecule has 1 saturated carbocycles. The molecule has 24 heavy (non-hydrogen) atoms. The van der Waals surface area contributed by atoms with Crippen molar-refractivity contribution in [2.45, 2.75) is 32.0 Å². The smallest absolute Gasteiger partial charge is 0.251 e. The molecule has 3 rings (SSSR count). The van der Waals surface area contributed by atoms with Crippen LogP contribution in [0.5, 0.6) is 0 Å². The fraction of sp³-hybridized carbons (Fsp3) is 0.316. The van der Waals surface area contributed by atoms with Gasteiger partial charge in [0.2, 0.25) is 0 Å². The van der Waals surface area contributed by atoms with Gasteiger partial charge in [-0.3, -0.25) is 9.69 Å². The summed E-state index contributed by atoms with van der Waals surface area (Å²) in [6.07, 6.45) is 2.45. The van der Waals surface area contributed by atoms with Crippen molar-refractivity contribution in [1.82, 2.24) is 10.2 Å². The Bertz CT molecular complexity index is 727. The van der Waals surface area contributed by atoms with Crippen molar-refractivity contribution in [2.75, 3.05) is 7.05 Å². The highest BCUT2D eigenvalue weighted by atomic mass is 35.5. The zero-order chi connectivity index (χ0) is 17.1.